The second kappa shape index (κ2) is 7.27. The van der Waals surface area contributed by atoms with E-state index in [1.54, 1.807) is 6.92 Å². The molecule has 144 valence electrons. The van der Waals surface area contributed by atoms with E-state index in [1.807, 2.05) is 32.0 Å². The molecule has 4 nitrogen and oxygen atoms in total. The number of carbonyl (C=O) groups excluding carboxylic acids is 2. The van der Waals surface area contributed by atoms with Crippen molar-refractivity contribution in [2.75, 3.05) is 6.61 Å². The normalized spacial score (nSPS) is 21.7. The zero-order valence-corrected chi connectivity index (χ0v) is 18.1. The molecule has 1 aliphatic heterocycles. The summed E-state index contributed by atoms with van der Waals surface area (Å²) in [4.78, 5) is 25.9. The van der Waals surface area contributed by atoms with Gasteiger partial charge in [0.05, 0.1) is 12.2 Å². The Kier molecular flexibility index (Phi) is 5.35. The standard InChI is InChI=1S/C22H26BrNO3/c1-6-27-21(26)18-13(3)24-16-10-22(4,5)11-17(25)20(16)19(18)14-8-7-12(2)15(23)9-14/h7-9,19,24H,6,10-11H2,1-5H3/t19-/m0/s1. The molecular formula is C22H26BrNO3. The molecule has 1 atom stereocenters. The smallest absolute Gasteiger partial charge is 0.336 e. The van der Waals surface area contributed by atoms with E-state index in [2.05, 4.69) is 35.1 Å². The van der Waals surface area contributed by atoms with Gasteiger partial charge in [0.2, 0.25) is 0 Å². The van der Waals surface area contributed by atoms with Crippen molar-refractivity contribution >= 4 is 27.7 Å². The first-order chi connectivity index (χ1) is 12.6. The van der Waals surface area contributed by atoms with Crippen molar-refractivity contribution in [3.8, 4) is 0 Å². The minimum atomic E-state index is -0.402. The van der Waals surface area contributed by atoms with Crippen LogP contribution in [0.3, 0.4) is 0 Å². The summed E-state index contributed by atoms with van der Waals surface area (Å²) in [6, 6.07) is 6.02. The number of Topliss-reactive ketones (excluding diaryl/α,β-unsaturated/α-hetero) is 1. The van der Waals surface area contributed by atoms with Gasteiger partial charge in [-0.3, -0.25) is 4.79 Å². The number of halogens is 1. The van der Waals surface area contributed by atoms with E-state index in [9.17, 15) is 9.59 Å². The third-order valence-electron chi connectivity index (χ3n) is 5.26. The van der Waals surface area contributed by atoms with Gasteiger partial charge in [-0.1, -0.05) is 41.9 Å². The highest BCUT2D eigenvalue weighted by Crippen LogP contribution is 2.47. The Balaban J connectivity index is 2.20. The van der Waals surface area contributed by atoms with Crippen LogP contribution in [0.4, 0.5) is 0 Å². The molecule has 0 spiro atoms. The van der Waals surface area contributed by atoms with Crippen LogP contribution in [0.25, 0.3) is 0 Å². The Morgan fingerprint density at radius 1 is 1.30 bits per heavy atom. The molecule has 0 saturated heterocycles. The molecule has 0 radical (unpaired) electrons. The van der Waals surface area contributed by atoms with E-state index in [4.69, 9.17) is 4.74 Å². The maximum Gasteiger partial charge on any atom is 0.336 e. The van der Waals surface area contributed by atoms with Crippen LogP contribution in [-0.4, -0.2) is 18.4 Å². The second-order valence-electron chi connectivity index (χ2n) is 8.16. The van der Waals surface area contributed by atoms with Crippen LogP contribution in [0.2, 0.25) is 0 Å². The van der Waals surface area contributed by atoms with E-state index in [0.29, 0.717) is 24.2 Å². The summed E-state index contributed by atoms with van der Waals surface area (Å²) in [5.74, 6) is -0.668. The maximum absolute atomic E-state index is 13.1. The van der Waals surface area contributed by atoms with Crippen LogP contribution < -0.4 is 5.32 Å². The second-order valence-corrected chi connectivity index (χ2v) is 9.01. The molecule has 1 heterocycles. The molecule has 1 aromatic carbocycles. The van der Waals surface area contributed by atoms with Crippen LogP contribution in [0.1, 0.15) is 57.6 Å². The number of rotatable bonds is 3. The molecule has 1 N–H and O–H groups in total. The quantitative estimate of drug-likeness (QED) is 0.689. The van der Waals surface area contributed by atoms with Crippen molar-refractivity contribution in [3.63, 3.8) is 0 Å². The average Bonchev–Trinajstić information content (AvgIpc) is 2.55. The average molecular weight is 432 g/mol. The zero-order chi connectivity index (χ0) is 19.9. The summed E-state index contributed by atoms with van der Waals surface area (Å²) in [7, 11) is 0. The fourth-order valence-corrected chi connectivity index (χ4v) is 4.43. The molecule has 0 unspecified atom stereocenters. The zero-order valence-electron chi connectivity index (χ0n) is 16.5. The van der Waals surface area contributed by atoms with E-state index >= 15 is 0 Å². The Morgan fingerprint density at radius 2 is 2.00 bits per heavy atom. The van der Waals surface area contributed by atoms with Crippen molar-refractivity contribution in [2.45, 2.75) is 53.4 Å². The van der Waals surface area contributed by atoms with Gasteiger partial charge < -0.3 is 10.1 Å². The maximum atomic E-state index is 13.1. The van der Waals surface area contributed by atoms with Crippen molar-refractivity contribution in [3.05, 3.63) is 56.3 Å². The lowest BCUT2D eigenvalue weighted by atomic mass is 9.68. The number of carbonyl (C=O) groups is 2. The minimum Gasteiger partial charge on any atom is -0.463 e. The lowest BCUT2D eigenvalue weighted by Crippen LogP contribution is -2.38. The molecular weight excluding hydrogens is 406 g/mol. The summed E-state index contributed by atoms with van der Waals surface area (Å²) < 4.78 is 6.29. The molecule has 5 heteroatoms. The van der Waals surface area contributed by atoms with Crippen LogP contribution >= 0.6 is 15.9 Å². The van der Waals surface area contributed by atoms with Crippen LogP contribution in [0.15, 0.2) is 45.2 Å². The molecule has 0 aromatic heterocycles. The third kappa shape index (κ3) is 3.75. The van der Waals surface area contributed by atoms with Crippen LogP contribution in [0, 0.1) is 12.3 Å². The summed E-state index contributed by atoms with van der Waals surface area (Å²) in [5.41, 5.74) is 4.87. The number of benzene rings is 1. The highest BCUT2D eigenvalue weighted by molar-refractivity contribution is 9.10. The number of nitrogens with one attached hydrogen (secondary N) is 1. The fourth-order valence-electron chi connectivity index (χ4n) is 4.04. The minimum absolute atomic E-state index is 0.0942. The van der Waals surface area contributed by atoms with Gasteiger partial charge in [0, 0.05) is 33.8 Å². The highest BCUT2D eigenvalue weighted by atomic mass is 79.9. The van der Waals surface area contributed by atoms with Gasteiger partial charge >= 0.3 is 5.97 Å². The number of hydrogen-bond donors (Lipinski definition) is 1. The van der Waals surface area contributed by atoms with Gasteiger partial charge in [-0.15, -0.1) is 0 Å². The van der Waals surface area contributed by atoms with Crippen molar-refractivity contribution < 1.29 is 14.3 Å². The number of ketones is 1. The largest absolute Gasteiger partial charge is 0.463 e. The first kappa shape index (κ1) is 19.9. The lowest BCUT2D eigenvalue weighted by Gasteiger charge is -2.39. The Morgan fingerprint density at radius 3 is 2.63 bits per heavy atom. The van der Waals surface area contributed by atoms with E-state index in [1.165, 1.54) is 0 Å². The molecule has 3 rings (SSSR count). The Bertz CT molecular complexity index is 880. The number of esters is 1. The molecule has 1 aromatic rings. The molecule has 0 saturated carbocycles. The number of ether oxygens (including phenoxy) is 1. The predicted molar refractivity (Wildman–Crippen MR) is 109 cm³/mol. The number of allylic oxidation sites excluding steroid dienone is 3. The van der Waals surface area contributed by atoms with Crippen molar-refractivity contribution in [1.82, 2.24) is 5.32 Å². The van der Waals surface area contributed by atoms with E-state index < -0.39 is 5.92 Å². The summed E-state index contributed by atoms with van der Waals surface area (Å²) in [6.07, 6.45) is 1.26. The summed E-state index contributed by atoms with van der Waals surface area (Å²) >= 11 is 3.59. The number of aryl methyl sites for hydroxylation is 1. The molecule has 0 amide bonds. The van der Waals surface area contributed by atoms with Gasteiger partial charge in [0.15, 0.2) is 5.78 Å². The van der Waals surface area contributed by atoms with E-state index in [-0.39, 0.29) is 17.2 Å². The SMILES string of the molecule is CCOC(=O)C1=C(C)NC2=C(C(=O)CC(C)(C)C2)[C@H]1c1ccc(C)c(Br)c1. The number of hydrogen-bond acceptors (Lipinski definition) is 4. The highest BCUT2D eigenvalue weighted by Gasteiger charge is 2.43. The molecule has 27 heavy (non-hydrogen) atoms. The van der Waals surface area contributed by atoms with E-state index in [0.717, 1.165) is 33.4 Å². The molecule has 2 aliphatic rings. The van der Waals surface area contributed by atoms with Crippen molar-refractivity contribution in [2.24, 2.45) is 5.41 Å². The van der Waals surface area contributed by atoms with Crippen molar-refractivity contribution in [1.29, 1.82) is 0 Å². The predicted octanol–water partition coefficient (Wildman–Crippen LogP) is 4.92. The Labute approximate surface area is 169 Å². The van der Waals surface area contributed by atoms with Crippen LogP contribution in [-0.2, 0) is 14.3 Å². The van der Waals surface area contributed by atoms with Gasteiger partial charge in [-0.05, 0) is 49.8 Å². The monoisotopic (exact) mass is 431 g/mol. The first-order valence-electron chi connectivity index (χ1n) is 9.32. The first-order valence-corrected chi connectivity index (χ1v) is 10.1. The summed E-state index contributed by atoms with van der Waals surface area (Å²) in [6.45, 7) is 10.2. The Hall–Kier alpha value is -1.88. The topological polar surface area (TPSA) is 55.4 Å². The molecule has 1 aliphatic carbocycles. The van der Waals surface area contributed by atoms with Crippen LogP contribution in [0.5, 0.6) is 0 Å². The lowest BCUT2D eigenvalue weighted by molar-refractivity contribution is -0.138. The third-order valence-corrected chi connectivity index (χ3v) is 6.12. The number of dihydropyridines is 1. The summed E-state index contributed by atoms with van der Waals surface area (Å²) in [5, 5.41) is 3.35. The van der Waals surface area contributed by atoms with Gasteiger partial charge in [-0.2, -0.15) is 0 Å². The molecule has 0 fully saturated rings. The molecule has 0 bridgehead atoms. The van der Waals surface area contributed by atoms with Gasteiger partial charge in [0.25, 0.3) is 0 Å². The van der Waals surface area contributed by atoms with Gasteiger partial charge in [-0.25, -0.2) is 4.79 Å². The fraction of sp³-hybridized carbons (Fsp3) is 0.455. The van der Waals surface area contributed by atoms with Gasteiger partial charge in [0.1, 0.15) is 0 Å².